The molecule has 114 valence electrons. The van der Waals surface area contributed by atoms with Crippen molar-refractivity contribution < 1.29 is 19.1 Å². The normalized spacial score (nSPS) is 22.4. The molecule has 1 saturated carbocycles. The van der Waals surface area contributed by atoms with E-state index in [0.29, 0.717) is 19.7 Å². The third kappa shape index (κ3) is 4.20. The lowest BCUT2D eigenvalue weighted by Gasteiger charge is -2.32. The number of amides is 1. The van der Waals surface area contributed by atoms with Crippen LogP contribution in [0.15, 0.2) is 0 Å². The van der Waals surface area contributed by atoms with Crippen molar-refractivity contribution in [2.75, 3.05) is 26.3 Å². The third-order valence-electron chi connectivity index (χ3n) is 4.11. The lowest BCUT2D eigenvalue weighted by Crippen LogP contribution is -2.43. The summed E-state index contributed by atoms with van der Waals surface area (Å²) in [5.74, 6) is 0.126. The smallest absolute Gasteiger partial charge is 0.307 e. The van der Waals surface area contributed by atoms with E-state index in [2.05, 4.69) is 0 Å². The first-order chi connectivity index (χ1) is 9.70. The molecule has 2 fully saturated rings. The number of carbonyl (C=O) groups excluding carboxylic acids is 2. The minimum absolute atomic E-state index is 0.140. The maximum Gasteiger partial charge on any atom is 0.307 e. The fourth-order valence-electron chi connectivity index (χ4n) is 2.70. The van der Waals surface area contributed by atoms with E-state index in [1.807, 2.05) is 4.90 Å². The summed E-state index contributed by atoms with van der Waals surface area (Å²) in [5, 5.41) is 0. The molecule has 1 aliphatic carbocycles. The maximum absolute atomic E-state index is 12.4. The summed E-state index contributed by atoms with van der Waals surface area (Å²) in [4.78, 5) is 25.7. The molecule has 0 radical (unpaired) electrons. The molecule has 0 aromatic rings. The summed E-state index contributed by atoms with van der Waals surface area (Å²) in [6.07, 6.45) is 5.60. The molecular formula is C15H25NO4. The second-order valence-electron chi connectivity index (χ2n) is 5.60. The number of carbonyl (C=O) groups is 2. The van der Waals surface area contributed by atoms with Crippen LogP contribution in [0.25, 0.3) is 0 Å². The summed E-state index contributed by atoms with van der Waals surface area (Å²) in [6.45, 7) is 4.04. The molecule has 0 aromatic heterocycles. The highest BCUT2D eigenvalue weighted by Crippen LogP contribution is 2.29. The van der Waals surface area contributed by atoms with Crippen molar-refractivity contribution in [3.63, 3.8) is 0 Å². The van der Waals surface area contributed by atoms with Crippen molar-refractivity contribution in [1.82, 2.24) is 4.90 Å². The molecule has 20 heavy (non-hydrogen) atoms. The lowest BCUT2D eigenvalue weighted by molar-refractivity contribution is -0.145. The molecule has 5 heteroatoms. The zero-order chi connectivity index (χ0) is 14.4. The predicted molar refractivity (Wildman–Crippen MR) is 74.1 cm³/mol. The Kier molecular flexibility index (Phi) is 5.83. The van der Waals surface area contributed by atoms with Crippen LogP contribution in [0.5, 0.6) is 0 Å². The highest BCUT2D eigenvalue weighted by Gasteiger charge is 2.31. The van der Waals surface area contributed by atoms with Gasteiger partial charge in [-0.1, -0.05) is 6.42 Å². The molecule has 0 aromatic carbocycles. The standard InChI is InChI=1S/C15H25NO4/c1-2-19-14(17)8-9-16(11-13-7-4-10-20-13)15(18)12-5-3-6-12/h12-13H,2-11H2,1H3. The first-order valence-electron chi connectivity index (χ1n) is 7.76. The first-order valence-corrected chi connectivity index (χ1v) is 7.76. The van der Waals surface area contributed by atoms with Gasteiger partial charge in [0.15, 0.2) is 0 Å². The molecule has 1 atom stereocenters. The van der Waals surface area contributed by atoms with E-state index in [-0.39, 0.29) is 30.3 Å². The highest BCUT2D eigenvalue weighted by molar-refractivity contribution is 5.80. The van der Waals surface area contributed by atoms with Crippen LogP contribution in [0, 0.1) is 5.92 Å². The van der Waals surface area contributed by atoms with Crippen LogP contribution in [0.3, 0.4) is 0 Å². The summed E-state index contributed by atoms with van der Waals surface area (Å²) in [6, 6.07) is 0. The number of hydrogen-bond acceptors (Lipinski definition) is 4. The van der Waals surface area contributed by atoms with Gasteiger partial charge in [-0.2, -0.15) is 0 Å². The van der Waals surface area contributed by atoms with Crippen LogP contribution in [0.2, 0.25) is 0 Å². The Morgan fingerprint density at radius 2 is 2.05 bits per heavy atom. The Balaban J connectivity index is 1.84. The van der Waals surface area contributed by atoms with Gasteiger partial charge in [-0.15, -0.1) is 0 Å². The van der Waals surface area contributed by atoms with E-state index in [1.165, 1.54) is 0 Å². The van der Waals surface area contributed by atoms with Gasteiger partial charge in [-0.25, -0.2) is 0 Å². The Labute approximate surface area is 120 Å². The van der Waals surface area contributed by atoms with Crippen molar-refractivity contribution in [3.05, 3.63) is 0 Å². The molecule has 1 heterocycles. The van der Waals surface area contributed by atoms with Crippen LogP contribution in [-0.4, -0.2) is 49.2 Å². The summed E-state index contributed by atoms with van der Waals surface area (Å²) in [5.41, 5.74) is 0. The zero-order valence-corrected chi connectivity index (χ0v) is 12.3. The summed E-state index contributed by atoms with van der Waals surface area (Å²) >= 11 is 0. The molecule has 1 amide bonds. The van der Waals surface area contributed by atoms with Crippen molar-refractivity contribution in [2.45, 2.75) is 51.6 Å². The van der Waals surface area contributed by atoms with Gasteiger partial charge in [0.2, 0.25) is 5.91 Å². The zero-order valence-electron chi connectivity index (χ0n) is 12.3. The Morgan fingerprint density at radius 3 is 2.60 bits per heavy atom. The highest BCUT2D eigenvalue weighted by atomic mass is 16.5. The third-order valence-corrected chi connectivity index (χ3v) is 4.11. The molecule has 0 N–H and O–H groups in total. The maximum atomic E-state index is 12.4. The van der Waals surface area contributed by atoms with Gasteiger partial charge in [0.25, 0.3) is 0 Å². The fourth-order valence-corrected chi connectivity index (χ4v) is 2.70. The van der Waals surface area contributed by atoms with Gasteiger partial charge in [-0.3, -0.25) is 9.59 Å². The van der Waals surface area contributed by atoms with E-state index < -0.39 is 0 Å². The molecule has 0 spiro atoms. The van der Waals surface area contributed by atoms with E-state index in [9.17, 15) is 9.59 Å². The summed E-state index contributed by atoms with van der Waals surface area (Å²) < 4.78 is 10.5. The van der Waals surface area contributed by atoms with E-state index in [4.69, 9.17) is 9.47 Å². The Bertz CT molecular complexity index is 335. The van der Waals surface area contributed by atoms with Gasteiger partial charge < -0.3 is 14.4 Å². The lowest BCUT2D eigenvalue weighted by atomic mass is 9.84. The van der Waals surface area contributed by atoms with Crippen molar-refractivity contribution in [2.24, 2.45) is 5.92 Å². The quantitative estimate of drug-likeness (QED) is 0.668. The number of rotatable bonds is 7. The number of ether oxygens (including phenoxy) is 2. The molecule has 2 aliphatic rings. The average molecular weight is 283 g/mol. The van der Waals surface area contributed by atoms with E-state index in [0.717, 1.165) is 38.7 Å². The molecule has 1 saturated heterocycles. The van der Waals surface area contributed by atoms with Crippen molar-refractivity contribution >= 4 is 11.9 Å². The first kappa shape index (κ1) is 15.3. The molecule has 1 unspecified atom stereocenters. The summed E-state index contributed by atoms with van der Waals surface area (Å²) in [7, 11) is 0. The number of hydrogen-bond donors (Lipinski definition) is 0. The molecule has 0 bridgehead atoms. The van der Waals surface area contributed by atoms with Gasteiger partial charge in [0.05, 0.1) is 19.1 Å². The SMILES string of the molecule is CCOC(=O)CCN(CC1CCCO1)C(=O)C1CCC1. The molecule has 5 nitrogen and oxygen atoms in total. The Hall–Kier alpha value is -1.10. The predicted octanol–water partition coefficient (Wildman–Crippen LogP) is 1.75. The van der Waals surface area contributed by atoms with E-state index >= 15 is 0 Å². The monoisotopic (exact) mass is 283 g/mol. The van der Waals surface area contributed by atoms with E-state index in [1.54, 1.807) is 6.92 Å². The van der Waals surface area contributed by atoms with Crippen LogP contribution in [0.1, 0.15) is 45.4 Å². The van der Waals surface area contributed by atoms with Crippen LogP contribution >= 0.6 is 0 Å². The molecule has 2 rings (SSSR count). The van der Waals surface area contributed by atoms with Crippen molar-refractivity contribution in [3.8, 4) is 0 Å². The molecular weight excluding hydrogens is 258 g/mol. The average Bonchev–Trinajstić information content (AvgIpc) is 2.85. The topological polar surface area (TPSA) is 55.8 Å². The van der Waals surface area contributed by atoms with Crippen LogP contribution in [0.4, 0.5) is 0 Å². The van der Waals surface area contributed by atoms with Gasteiger partial charge in [0.1, 0.15) is 0 Å². The van der Waals surface area contributed by atoms with Crippen LogP contribution < -0.4 is 0 Å². The molecule has 1 aliphatic heterocycles. The van der Waals surface area contributed by atoms with Crippen molar-refractivity contribution in [1.29, 1.82) is 0 Å². The van der Waals surface area contributed by atoms with Crippen LogP contribution in [-0.2, 0) is 19.1 Å². The fraction of sp³-hybridized carbons (Fsp3) is 0.867. The van der Waals surface area contributed by atoms with Gasteiger partial charge in [0, 0.05) is 25.6 Å². The minimum atomic E-state index is -0.230. The second kappa shape index (κ2) is 7.62. The number of nitrogens with zero attached hydrogens (tertiary/aromatic N) is 1. The second-order valence-corrected chi connectivity index (χ2v) is 5.60. The minimum Gasteiger partial charge on any atom is -0.466 e. The van der Waals surface area contributed by atoms with Gasteiger partial charge >= 0.3 is 5.97 Å². The largest absolute Gasteiger partial charge is 0.466 e. The van der Waals surface area contributed by atoms with Gasteiger partial charge in [-0.05, 0) is 32.6 Å². The number of esters is 1. The Morgan fingerprint density at radius 1 is 1.25 bits per heavy atom.